The zero-order valence-electron chi connectivity index (χ0n) is 9.60. The first-order valence-corrected chi connectivity index (χ1v) is 6.52. The van der Waals surface area contributed by atoms with Gasteiger partial charge in [-0.15, -0.1) is 0 Å². The molecule has 0 amide bonds. The van der Waals surface area contributed by atoms with Crippen LogP contribution in [-0.4, -0.2) is 64.2 Å². The first kappa shape index (κ1) is 16.6. The van der Waals surface area contributed by atoms with Gasteiger partial charge in [0, 0.05) is 26.7 Å². The molecule has 0 radical (unpaired) electrons. The van der Waals surface area contributed by atoms with Gasteiger partial charge < -0.3 is 9.84 Å². The number of rotatable bonds is 10. The third-order valence-electron chi connectivity index (χ3n) is 1.82. The van der Waals surface area contributed by atoms with Crippen molar-refractivity contribution in [2.75, 3.05) is 40.0 Å². The number of halogens is 2. The predicted octanol–water partition coefficient (Wildman–Crippen LogP) is -0.583. The fourth-order valence-electron chi connectivity index (χ4n) is 0.939. The number of nitrogens with zero attached hydrogens (tertiary/aromatic N) is 1. The molecule has 0 heterocycles. The Bertz CT molecular complexity index is 287. The Kier molecular flexibility index (Phi) is 8.52. The summed E-state index contributed by atoms with van der Waals surface area (Å²) in [4.78, 5) is 0. The van der Waals surface area contributed by atoms with E-state index >= 15 is 0 Å². The van der Waals surface area contributed by atoms with Crippen molar-refractivity contribution in [1.82, 2.24) is 9.03 Å². The highest BCUT2D eigenvalue weighted by molar-refractivity contribution is 7.87. The van der Waals surface area contributed by atoms with Gasteiger partial charge in [0.15, 0.2) is 0 Å². The molecule has 0 aliphatic rings. The van der Waals surface area contributed by atoms with Gasteiger partial charge in [0.25, 0.3) is 16.6 Å². The van der Waals surface area contributed by atoms with Crippen molar-refractivity contribution < 1.29 is 27.0 Å². The SMILES string of the molecule is CN(CCCO)S(=O)(=O)NCCOCC(F)F. The predicted molar refractivity (Wildman–Crippen MR) is 58.1 cm³/mol. The van der Waals surface area contributed by atoms with E-state index in [1.165, 1.54) is 7.05 Å². The van der Waals surface area contributed by atoms with Crippen LogP contribution in [0.25, 0.3) is 0 Å². The maximum Gasteiger partial charge on any atom is 0.279 e. The smallest absolute Gasteiger partial charge is 0.279 e. The van der Waals surface area contributed by atoms with Gasteiger partial charge in [0.2, 0.25) is 0 Å². The van der Waals surface area contributed by atoms with Crippen molar-refractivity contribution >= 4 is 10.2 Å². The summed E-state index contributed by atoms with van der Waals surface area (Å²) in [6, 6.07) is 0. The maximum atomic E-state index is 11.7. The highest BCUT2D eigenvalue weighted by Gasteiger charge is 2.15. The van der Waals surface area contributed by atoms with Crippen LogP contribution in [0, 0.1) is 0 Å². The minimum absolute atomic E-state index is 0.0709. The minimum atomic E-state index is -3.63. The number of aliphatic hydroxyl groups excluding tert-OH is 1. The standard InChI is InChI=1S/C8H18F2N2O4S/c1-12(4-2-5-13)17(14,15)11-3-6-16-7-8(9)10/h8,11,13H,2-7H2,1H3. The van der Waals surface area contributed by atoms with Crippen LogP contribution in [0.4, 0.5) is 8.78 Å². The molecule has 0 unspecified atom stereocenters. The highest BCUT2D eigenvalue weighted by atomic mass is 32.2. The van der Waals surface area contributed by atoms with E-state index in [1.54, 1.807) is 0 Å². The van der Waals surface area contributed by atoms with E-state index in [9.17, 15) is 17.2 Å². The Morgan fingerprint density at radius 2 is 2.12 bits per heavy atom. The monoisotopic (exact) mass is 276 g/mol. The number of aliphatic hydroxyl groups is 1. The average molecular weight is 276 g/mol. The molecule has 0 bridgehead atoms. The van der Waals surface area contributed by atoms with E-state index < -0.39 is 23.2 Å². The Labute approximate surface area is 99.7 Å². The van der Waals surface area contributed by atoms with E-state index in [0.717, 1.165) is 4.31 Å². The lowest BCUT2D eigenvalue weighted by Crippen LogP contribution is -2.40. The first-order chi connectivity index (χ1) is 7.90. The molecule has 0 aromatic heterocycles. The van der Waals surface area contributed by atoms with Gasteiger partial charge in [-0.2, -0.15) is 17.4 Å². The third-order valence-corrected chi connectivity index (χ3v) is 3.39. The molecule has 0 aromatic carbocycles. The van der Waals surface area contributed by atoms with Crippen molar-refractivity contribution in [3.05, 3.63) is 0 Å². The molecule has 0 saturated carbocycles. The molecule has 17 heavy (non-hydrogen) atoms. The lowest BCUT2D eigenvalue weighted by atomic mass is 10.5. The van der Waals surface area contributed by atoms with Crippen molar-refractivity contribution in [3.8, 4) is 0 Å². The zero-order valence-corrected chi connectivity index (χ0v) is 10.4. The number of hydrogen-bond acceptors (Lipinski definition) is 4. The second kappa shape index (κ2) is 8.70. The van der Waals surface area contributed by atoms with Crippen LogP contribution in [0.3, 0.4) is 0 Å². The summed E-state index contributed by atoms with van der Waals surface area (Å²) in [5.41, 5.74) is 0. The van der Waals surface area contributed by atoms with Crippen LogP contribution in [0.5, 0.6) is 0 Å². The zero-order chi connectivity index (χ0) is 13.3. The van der Waals surface area contributed by atoms with Crippen LogP contribution in [0.15, 0.2) is 0 Å². The topological polar surface area (TPSA) is 78.9 Å². The van der Waals surface area contributed by atoms with Gasteiger partial charge >= 0.3 is 0 Å². The fraction of sp³-hybridized carbons (Fsp3) is 1.00. The number of alkyl halides is 2. The van der Waals surface area contributed by atoms with Gasteiger partial charge in [0.1, 0.15) is 6.61 Å². The lowest BCUT2D eigenvalue weighted by Gasteiger charge is -2.17. The molecule has 9 heteroatoms. The lowest BCUT2D eigenvalue weighted by molar-refractivity contribution is 0.0198. The van der Waals surface area contributed by atoms with Gasteiger partial charge in [-0.3, -0.25) is 0 Å². The van der Waals surface area contributed by atoms with Crippen LogP contribution in [0.1, 0.15) is 6.42 Å². The van der Waals surface area contributed by atoms with Crippen molar-refractivity contribution in [1.29, 1.82) is 0 Å². The summed E-state index contributed by atoms with van der Waals surface area (Å²) in [6.07, 6.45) is -2.22. The van der Waals surface area contributed by atoms with E-state index in [-0.39, 0.29) is 26.3 Å². The largest absolute Gasteiger partial charge is 0.396 e. The number of hydrogen-bond donors (Lipinski definition) is 2. The molecular weight excluding hydrogens is 258 g/mol. The molecule has 104 valence electrons. The summed E-state index contributed by atoms with van der Waals surface area (Å²) in [6.45, 7) is -0.806. The molecule has 0 fully saturated rings. The maximum absolute atomic E-state index is 11.7. The second-order valence-electron chi connectivity index (χ2n) is 3.26. The fourth-order valence-corrected chi connectivity index (χ4v) is 1.87. The van der Waals surface area contributed by atoms with Crippen molar-refractivity contribution in [3.63, 3.8) is 0 Å². The van der Waals surface area contributed by atoms with Gasteiger partial charge in [-0.25, -0.2) is 8.78 Å². The van der Waals surface area contributed by atoms with Gasteiger partial charge in [-0.1, -0.05) is 0 Å². The summed E-state index contributed by atoms with van der Waals surface area (Å²) in [5.74, 6) is 0. The molecule has 0 aliphatic carbocycles. The van der Waals surface area contributed by atoms with Crippen molar-refractivity contribution in [2.45, 2.75) is 12.8 Å². The molecule has 0 atom stereocenters. The Morgan fingerprint density at radius 3 is 2.65 bits per heavy atom. The minimum Gasteiger partial charge on any atom is -0.396 e. The molecule has 0 rings (SSSR count). The average Bonchev–Trinajstić information content (AvgIpc) is 2.24. The molecule has 0 saturated heterocycles. The van der Waals surface area contributed by atoms with E-state index in [1.807, 2.05) is 0 Å². The van der Waals surface area contributed by atoms with E-state index in [2.05, 4.69) is 9.46 Å². The summed E-state index contributed by atoms with van der Waals surface area (Å²) in [7, 11) is -2.27. The summed E-state index contributed by atoms with van der Waals surface area (Å²) < 4.78 is 54.0. The van der Waals surface area contributed by atoms with Crippen LogP contribution in [0.2, 0.25) is 0 Å². The molecule has 0 aromatic rings. The Morgan fingerprint density at radius 1 is 1.47 bits per heavy atom. The third kappa shape index (κ3) is 8.38. The first-order valence-electron chi connectivity index (χ1n) is 5.08. The second-order valence-corrected chi connectivity index (χ2v) is 5.13. The van der Waals surface area contributed by atoms with Crippen LogP contribution >= 0.6 is 0 Å². The number of ether oxygens (including phenoxy) is 1. The van der Waals surface area contributed by atoms with E-state index in [4.69, 9.17) is 5.11 Å². The quantitative estimate of drug-likeness (QED) is 0.523. The number of nitrogens with one attached hydrogen (secondary N) is 1. The molecule has 0 aliphatic heterocycles. The molecule has 2 N–H and O–H groups in total. The Balaban J connectivity index is 3.77. The normalized spacial score (nSPS) is 12.6. The van der Waals surface area contributed by atoms with Crippen LogP contribution < -0.4 is 4.72 Å². The molecule has 0 spiro atoms. The van der Waals surface area contributed by atoms with Gasteiger partial charge in [-0.05, 0) is 6.42 Å². The van der Waals surface area contributed by atoms with Gasteiger partial charge in [0.05, 0.1) is 6.61 Å². The van der Waals surface area contributed by atoms with E-state index in [0.29, 0.717) is 6.42 Å². The summed E-state index contributed by atoms with van der Waals surface area (Å²) >= 11 is 0. The summed E-state index contributed by atoms with van der Waals surface area (Å²) in [5, 5.41) is 8.55. The highest BCUT2D eigenvalue weighted by Crippen LogP contribution is 1.95. The van der Waals surface area contributed by atoms with Crippen LogP contribution in [-0.2, 0) is 14.9 Å². The molecular formula is C8H18F2N2O4S. The molecule has 6 nitrogen and oxygen atoms in total. The van der Waals surface area contributed by atoms with Crippen molar-refractivity contribution in [2.24, 2.45) is 0 Å². The Hall–Kier alpha value is -0.350.